The number of carbonyl (C=O) groups is 2. The fourth-order valence-corrected chi connectivity index (χ4v) is 6.45. The summed E-state index contributed by atoms with van der Waals surface area (Å²) in [4.78, 5) is 27.6. The van der Waals surface area contributed by atoms with Crippen molar-refractivity contribution in [1.29, 1.82) is 5.41 Å². The third kappa shape index (κ3) is 9.50. The van der Waals surface area contributed by atoms with Crippen molar-refractivity contribution in [2.75, 3.05) is 6.54 Å². The number of sulfonamides is 1. The summed E-state index contributed by atoms with van der Waals surface area (Å²) in [6.45, 7) is 0.850. The van der Waals surface area contributed by atoms with E-state index in [-0.39, 0.29) is 23.9 Å². The molecule has 1 saturated carbocycles. The Balaban J connectivity index is 1.26. The average molecular weight is 655 g/mol. The van der Waals surface area contributed by atoms with Crippen molar-refractivity contribution in [2.24, 2.45) is 11.1 Å². The van der Waals surface area contributed by atoms with Crippen molar-refractivity contribution in [3.8, 4) is 16.9 Å². The van der Waals surface area contributed by atoms with E-state index in [0.717, 1.165) is 36.8 Å². The van der Waals surface area contributed by atoms with Crippen molar-refractivity contribution >= 4 is 28.0 Å². The van der Waals surface area contributed by atoms with Gasteiger partial charge in [-0.3, -0.25) is 10.7 Å². The zero-order chi connectivity index (χ0) is 33.2. The van der Waals surface area contributed by atoms with Gasteiger partial charge in [0.1, 0.15) is 18.2 Å². The molecule has 1 fully saturated rings. The number of nitrogens with zero attached hydrogens (tertiary/aromatic N) is 1. The predicted molar refractivity (Wildman–Crippen MR) is 179 cm³/mol. The van der Waals surface area contributed by atoms with Crippen LogP contribution in [0.1, 0.15) is 48.8 Å². The van der Waals surface area contributed by atoms with E-state index in [2.05, 4.69) is 5.32 Å². The SMILES string of the molecule is N=C(NC(=O)OCc1ccccc1)c1cccc(CN(CC2CCCCC2)C(=O)Oc2ccc(-c3ccccc3S(N)(=O)=O)cc2)c1. The zero-order valence-electron chi connectivity index (χ0n) is 25.9. The molecule has 10 nitrogen and oxygen atoms in total. The first-order valence-electron chi connectivity index (χ1n) is 15.5. The van der Waals surface area contributed by atoms with Gasteiger partial charge in [-0.2, -0.15) is 0 Å². The number of benzene rings is 4. The van der Waals surface area contributed by atoms with Crippen LogP contribution in [-0.4, -0.2) is 37.9 Å². The van der Waals surface area contributed by atoms with E-state index in [9.17, 15) is 18.0 Å². The highest BCUT2D eigenvalue weighted by molar-refractivity contribution is 7.89. The van der Waals surface area contributed by atoms with Gasteiger partial charge in [0.2, 0.25) is 10.0 Å². The number of ether oxygens (including phenoxy) is 2. The first kappa shape index (κ1) is 33.4. The largest absolute Gasteiger partial charge is 0.444 e. The maximum atomic E-state index is 13.6. The van der Waals surface area contributed by atoms with Crippen molar-refractivity contribution in [3.63, 3.8) is 0 Å². The lowest BCUT2D eigenvalue weighted by atomic mass is 9.89. The third-order valence-electron chi connectivity index (χ3n) is 8.05. The van der Waals surface area contributed by atoms with Crippen LogP contribution in [-0.2, 0) is 27.9 Å². The molecule has 4 N–H and O–H groups in total. The summed E-state index contributed by atoms with van der Waals surface area (Å²) in [5.41, 5.74) is 3.15. The Kier molecular flexibility index (Phi) is 11.0. The van der Waals surface area contributed by atoms with Gasteiger partial charge in [0, 0.05) is 24.2 Å². The Morgan fingerprint density at radius 2 is 1.53 bits per heavy atom. The Morgan fingerprint density at radius 3 is 2.26 bits per heavy atom. The van der Waals surface area contributed by atoms with Crippen LogP contribution in [0.4, 0.5) is 9.59 Å². The van der Waals surface area contributed by atoms with Gasteiger partial charge < -0.3 is 14.4 Å². The molecule has 0 atom stereocenters. The molecule has 0 radical (unpaired) electrons. The van der Waals surface area contributed by atoms with Crippen LogP contribution < -0.4 is 15.2 Å². The normalized spacial score (nSPS) is 13.4. The molecular formula is C36H38N4O6S. The summed E-state index contributed by atoms with van der Waals surface area (Å²) >= 11 is 0. The van der Waals surface area contributed by atoms with Crippen molar-refractivity contribution in [3.05, 3.63) is 120 Å². The van der Waals surface area contributed by atoms with E-state index >= 15 is 0 Å². The average Bonchev–Trinajstić information content (AvgIpc) is 3.08. The molecule has 1 aliphatic rings. The van der Waals surface area contributed by atoms with E-state index in [0.29, 0.717) is 34.9 Å². The molecule has 4 aromatic carbocycles. The number of rotatable bonds is 10. The lowest BCUT2D eigenvalue weighted by molar-refractivity contribution is 0.134. The van der Waals surface area contributed by atoms with Crippen molar-refractivity contribution < 1.29 is 27.5 Å². The maximum Gasteiger partial charge on any atom is 0.415 e. The van der Waals surface area contributed by atoms with E-state index < -0.39 is 22.2 Å². The smallest absolute Gasteiger partial charge is 0.415 e. The Labute approximate surface area is 275 Å². The number of hydrogen-bond donors (Lipinski definition) is 3. The van der Waals surface area contributed by atoms with Gasteiger partial charge in [-0.1, -0.05) is 98.1 Å². The fraction of sp³-hybridized carbons (Fsp3) is 0.250. The van der Waals surface area contributed by atoms with Crippen LogP contribution in [0.5, 0.6) is 5.75 Å². The predicted octanol–water partition coefficient (Wildman–Crippen LogP) is 6.83. The number of nitrogens with two attached hydrogens (primary N) is 1. The highest BCUT2D eigenvalue weighted by Crippen LogP contribution is 2.29. The zero-order valence-corrected chi connectivity index (χ0v) is 26.7. The summed E-state index contributed by atoms with van der Waals surface area (Å²) < 4.78 is 35.2. The van der Waals surface area contributed by atoms with Crippen LogP contribution in [0.25, 0.3) is 11.1 Å². The molecule has 47 heavy (non-hydrogen) atoms. The van der Waals surface area contributed by atoms with E-state index in [4.69, 9.17) is 20.0 Å². The third-order valence-corrected chi connectivity index (χ3v) is 9.02. The minimum absolute atomic E-state index is 0.0120. The molecule has 0 heterocycles. The van der Waals surface area contributed by atoms with Crippen LogP contribution in [0.15, 0.2) is 108 Å². The number of hydrogen-bond acceptors (Lipinski definition) is 7. The maximum absolute atomic E-state index is 13.6. The summed E-state index contributed by atoms with van der Waals surface area (Å²) in [7, 11) is -3.93. The first-order valence-corrected chi connectivity index (χ1v) is 17.0. The topological polar surface area (TPSA) is 152 Å². The number of carbonyl (C=O) groups excluding carboxylic acids is 2. The van der Waals surface area contributed by atoms with Crippen LogP contribution in [0.3, 0.4) is 0 Å². The summed E-state index contributed by atoms with van der Waals surface area (Å²) in [5, 5.41) is 16.3. The van der Waals surface area contributed by atoms with Gasteiger partial charge in [-0.05, 0) is 59.7 Å². The molecule has 0 unspecified atom stereocenters. The molecule has 244 valence electrons. The van der Waals surface area contributed by atoms with Crippen LogP contribution in [0.2, 0.25) is 0 Å². The Hall–Kier alpha value is -5.00. The Bertz CT molecular complexity index is 1810. The second-order valence-electron chi connectivity index (χ2n) is 11.6. The summed E-state index contributed by atoms with van der Waals surface area (Å²) in [5.74, 6) is 0.542. The molecule has 0 bridgehead atoms. The van der Waals surface area contributed by atoms with Gasteiger partial charge in [0.25, 0.3) is 0 Å². The molecule has 11 heteroatoms. The molecular weight excluding hydrogens is 616 g/mol. The van der Waals surface area contributed by atoms with Crippen molar-refractivity contribution in [1.82, 2.24) is 10.2 Å². The quantitative estimate of drug-likeness (QED) is 0.126. The number of primary sulfonamides is 1. The molecule has 0 saturated heterocycles. The van der Waals surface area contributed by atoms with Crippen LogP contribution >= 0.6 is 0 Å². The molecule has 5 rings (SSSR count). The standard InChI is InChI=1S/C36H38N4O6S/c37-34(39-35(41)45-25-27-12-5-2-6-13-27)30-15-9-14-28(22-30)24-40(23-26-10-3-1-4-11-26)36(42)46-31-20-18-29(19-21-31)32-16-7-8-17-33(32)47(38,43)44/h2,5-9,12-22,26H,1,3-4,10-11,23-25H2,(H2,37,39,41)(H2,38,43,44). The summed E-state index contributed by atoms with van der Waals surface area (Å²) in [6.07, 6.45) is 4.24. The second-order valence-corrected chi connectivity index (χ2v) is 13.1. The highest BCUT2D eigenvalue weighted by Gasteiger charge is 2.23. The van der Waals surface area contributed by atoms with Gasteiger partial charge in [-0.15, -0.1) is 0 Å². The molecule has 4 aromatic rings. The number of amides is 2. The van der Waals surface area contributed by atoms with Gasteiger partial charge in [0.15, 0.2) is 0 Å². The lowest BCUT2D eigenvalue weighted by Crippen LogP contribution is -2.37. The molecule has 1 aliphatic carbocycles. The number of alkyl carbamates (subject to hydrolysis) is 1. The number of nitrogens with one attached hydrogen (secondary N) is 2. The molecule has 0 spiro atoms. The summed E-state index contributed by atoms with van der Waals surface area (Å²) in [6, 6.07) is 29.5. The Morgan fingerprint density at radius 1 is 0.851 bits per heavy atom. The van der Waals surface area contributed by atoms with E-state index in [1.165, 1.54) is 12.5 Å². The first-order chi connectivity index (χ1) is 22.7. The molecule has 0 aliphatic heterocycles. The van der Waals surface area contributed by atoms with Gasteiger partial charge in [-0.25, -0.2) is 23.1 Å². The van der Waals surface area contributed by atoms with E-state index in [1.54, 1.807) is 65.6 Å². The van der Waals surface area contributed by atoms with Crippen molar-refractivity contribution in [2.45, 2.75) is 50.2 Å². The van der Waals surface area contributed by atoms with E-state index in [1.807, 2.05) is 36.4 Å². The molecule has 2 amide bonds. The van der Waals surface area contributed by atoms with Gasteiger partial charge in [0.05, 0.1) is 4.90 Å². The fourth-order valence-electron chi connectivity index (χ4n) is 5.69. The van der Waals surface area contributed by atoms with Gasteiger partial charge >= 0.3 is 12.2 Å². The second kappa shape index (κ2) is 15.5. The monoisotopic (exact) mass is 654 g/mol. The minimum Gasteiger partial charge on any atom is -0.444 e. The minimum atomic E-state index is -3.93. The molecule has 0 aromatic heterocycles. The number of amidine groups is 1. The van der Waals surface area contributed by atoms with Crippen LogP contribution in [0, 0.1) is 11.3 Å². The lowest BCUT2D eigenvalue weighted by Gasteiger charge is -2.29. The highest BCUT2D eigenvalue weighted by atomic mass is 32.2.